The van der Waals surface area contributed by atoms with Crippen molar-refractivity contribution in [2.45, 2.75) is 27.7 Å². The SMILES string of the molecule is CCOC(=O)/C=C/C(=O)Nc1cccc(NC(=O)C(C)(C)C)c1. The fourth-order valence-corrected chi connectivity index (χ4v) is 1.51. The number of esters is 1. The highest BCUT2D eigenvalue weighted by Gasteiger charge is 2.21. The van der Waals surface area contributed by atoms with Crippen LogP contribution in [0, 0.1) is 5.41 Å². The van der Waals surface area contributed by atoms with E-state index >= 15 is 0 Å². The number of rotatable bonds is 5. The first-order chi connectivity index (χ1) is 10.7. The summed E-state index contributed by atoms with van der Waals surface area (Å²) in [6, 6.07) is 6.76. The molecular weight excluding hydrogens is 296 g/mol. The molecule has 0 aliphatic heterocycles. The van der Waals surface area contributed by atoms with Gasteiger partial charge in [0.2, 0.25) is 11.8 Å². The second kappa shape index (κ2) is 8.12. The molecule has 0 radical (unpaired) electrons. The minimum absolute atomic E-state index is 0.122. The Hall–Kier alpha value is -2.63. The standard InChI is InChI=1S/C17H22N2O4/c1-5-23-15(21)10-9-14(20)18-12-7-6-8-13(11-12)19-16(22)17(2,3)4/h6-11H,5H2,1-4H3,(H,18,20)(H,19,22)/b10-9+. The van der Waals surface area contributed by atoms with Gasteiger partial charge in [0.15, 0.2) is 0 Å². The van der Waals surface area contributed by atoms with Crippen LogP contribution >= 0.6 is 0 Å². The van der Waals surface area contributed by atoms with Gasteiger partial charge in [0.1, 0.15) is 0 Å². The maximum atomic E-state index is 11.9. The number of benzene rings is 1. The first kappa shape index (κ1) is 18.4. The molecule has 2 N–H and O–H groups in total. The van der Waals surface area contributed by atoms with Gasteiger partial charge in [-0.15, -0.1) is 0 Å². The van der Waals surface area contributed by atoms with Crippen molar-refractivity contribution in [2.75, 3.05) is 17.2 Å². The second-order valence-electron chi connectivity index (χ2n) is 5.86. The van der Waals surface area contributed by atoms with E-state index in [4.69, 9.17) is 0 Å². The third-order valence-electron chi connectivity index (χ3n) is 2.73. The van der Waals surface area contributed by atoms with Crippen LogP contribution < -0.4 is 10.6 Å². The molecule has 6 heteroatoms. The number of carbonyl (C=O) groups excluding carboxylic acids is 3. The minimum atomic E-state index is -0.575. The topological polar surface area (TPSA) is 84.5 Å². The molecule has 0 aliphatic carbocycles. The van der Waals surface area contributed by atoms with E-state index in [1.165, 1.54) is 0 Å². The van der Waals surface area contributed by atoms with Gasteiger partial charge in [-0.1, -0.05) is 26.8 Å². The zero-order chi connectivity index (χ0) is 17.5. The second-order valence-corrected chi connectivity index (χ2v) is 5.86. The van der Waals surface area contributed by atoms with E-state index in [1.807, 2.05) is 20.8 Å². The summed E-state index contributed by atoms with van der Waals surface area (Å²) in [5, 5.41) is 5.39. The summed E-state index contributed by atoms with van der Waals surface area (Å²) in [4.78, 5) is 34.8. The van der Waals surface area contributed by atoms with Crippen LogP contribution in [0.25, 0.3) is 0 Å². The lowest BCUT2D eigenvalue weighted by Gasteiger charge is -2.18. The van der Waals surface area contributed by atoms with Gasteiger partial charge in [-0.25, -0.2) is 4.79 Å². The lowest BCUT2D eigenvalue weighted by atomic mass is 9.95. The molecule has 0 aliphatic rings. The van der Waals surface area contributed by atoms with Gasteiger partial charge in [0.05, 0.1) is 6.61 Å². The Bertz CT molecular complexity index is 615. The quantitative estimate of drug-likeness (QED) is 0.646. The van der Waals surface area contributed by atoms with Crippen LogP contribution in [0.5, 0.6) is 0 Å². The lowest BCUT2D eigenvalue weighted by molar-refractivity contribution is -0.137. The van der Waals surface area contributed by atoms with Crippen molar-refractivity contribution in [1.29, 1.82) is 0 Å². The normalized spacial score (nSPS) is 11.1. The molecule has 0 heterocycles. The number of carbonyl (C=O) groups is 3. The summed E-state index contributed by atoms with van der Waals surface area (Å²) >= 11 is 0. The molecule has 6 nitrogen and oxygen atoms in total. The van der Waals surface area contributed by atoms with Crippen molar-refractivity contribution in [2.24, 2.45) is 5.41 Å². The highest BCUT2D eigenvalue weighted by molar-refractivity contribution is 6.03. The van der Waals surface area contributed by atoms with Crippen LogP contribution in [0.15, 0.2) is 36.4 Å². The molecule has 1 rings (SSSR count). The van der Waals surface area contributed by atoms with Crippen molar-refractivity contribution in [1.82, 2.24) is 0 Å². The molecule has 1 aromatic rings. The molecule has 0 fully saturated rings. The molecule has 0 unspecified atom stereocenters. The van der Waals surface area contributed by atoms with Crippen LogP contribution in [0.2, 0.25) is 0 Å². The van der Waals surface area contributed by atoms with Crippen molar-refractivity contribution < 1.29 is 19.1 Å². The van der Waals surface area contributed by atoms with Gasteiger partial charge in [0.25, 0.3) is 0 Å². The molecular formula is C17H22N2O4. The number of ether oxygens (including phenoxy) is 1. The minimum Gasteiger partial charge on any atom is -0.463 e. The largest absolute Gasteiger partial charge is 0.463 e. The van der Waals surface area contributed by atoms with Gasteiger partial charge < -0.3 is 15.4 Å². The number of amides is 2. The highest BCUT2D eigenvalue weighted by atomic mass is 16.5. The summed E-state index contributed by atoms with van der Waals surface area (Å²) in [5.74, 6) is -1.16. The van der Waals surface area contributed by atoms with Crippen molar-refractivity contribution in [3.05, 3.63) is 36.4 Å². The van der Waals surface area contributed by atoms with Crippen molar-refractivity contribution >= 4 is 29.2 Å². The van der Waals surface area contributed by atoms with Gasteiger partial charge in [-0.2, -0.15) is 0 Å². The van der Waals surface area contributed by atoms with Crippen LogP contribution in [0.3, 0.4) is 0 Å². The van der Waals surface area contributed by atoms with E-state index in [9.17, 15) is 14.4 Å². The molecule has 23 heavy (non-hydrogen) atoms. The molecule has 0 spiro atoms. The Morgan fingerprint density at radius 3 is 2.26 bits per heavy atom. The molecule has 0 aromatic heterocycles. The highest BCUT2D eigenvalue weighted by Crippen LogP contribution is 2.20. The Kier molecular flexibility index (Phi) is 6.50. The van der Waals surface area contributed by atoms with Gasteiger partial charge in [-0.3, -0.25) is 9.59 Å². The van der Waals surface area contributed by atoms with Gasteiger partial charge in [-0.05, 0) is 25.1 Å². The maximum Gasteiger partial charge on any atom is 0.330 e. The lowest BCUT2D eigenvalue weighted by Crippen LogP contribution is -2.27. The molecule has 2 amide bonds. The van der Waals surface area contributed by atoms with E-state index in [2.05, 4.69) is 15.4 Å². The summed E-state index contributed by atoms with van der Waals surface area (Å²) in [5.41, 5.74) is 0.578. The molecule has 0 atom stereocenters. The molecule has 1 aromatic carbocycles. The zero-order valence-electron chi connectivity index (χ0n) is 13.8. The van der Waals surface area contributed by atoms with Crippen LogP contribution in [0.1, 0.15) is 27.7 Å². The summed E-state index contributed by atoms with van der Waals surface area (Å²) in [6.45, 7) is 7.37. The third kappa shape index (κ3) is 6.78. The average molecular weight is 318 g/mol. The molecule has 124 valence electrons. The molecule has 0 saturated heterocycles. The Morgan fingerprint density at radius 1 is 1.09 bits per heavy atom. The first-order valence-electron chi connectivity index (χ1n) is 7.29. The monoisotopic (exact) mass is 318 g/mol. The zero-order valence-corrected chi connectivity index (χ0v) is 13.8. The predicted molar refractivity (Wildman–Crippen MR) is 88.9 cm³/mol. The fraction of sp³-hybridized carbons (Fsp3) is 0.353. The summed E-state index contributed by atoms with van der Waals surface area (Å²) in [6.07, 6.45) is 2.16. The van der Waals surface area contributed by atoms with Crippen LogP contribution in [-0.4, -0.2) is 24.4 Å². The molecule has 0 bridgehead atoms. The van der Waals surface area contributed by atoms with E-state index in [1.54, 1.807) is 31.2 Å². The van der Waals surface area contributed by atoms with E-state index in [-0.39, 0.29) is 12.5 Å². The Balaban J connectivity index is 2.68. The van der Waals surface area contributed by atoms with Crippen molar-refractivity contribution in [3.63, 3.8) is 0 Å². The Labute approximate surface area is 135 Å². The van der Waals surface area contributed by atoms with E-state index in [0.29, 0.717) is 11.4 Å². The van der Waals surface area contributed by atoms with Crippen molar-refractivity contribution in [3.8, 4) is 0 Å². The van der Waals surface area contributed by atoms with Gasteiger partial charge >= 0.3 is 5.97 Å². The van der Waals surface area contributed by atoms with Crippen LogP contribution in [0.4, 0.5) is 11.4 Å². The third-order valence-corrected chi connectivity index (χ3v) is 2.73. The average Bonchev–Trinajstić information content (AvgIpc) is 2.45. The smallest absolute Gasteiger partial charge is 0.330 e. The van der Waals surface area contributed by atoms with Gasteiger partial charge in [0, 0.05) is 28.9 Å². The molecule has 0 saturated carbocycles. The summed E-state index contributed by atoms with van der Waals surface area (Å²) in [7, 11) is 0. The number of hydrogen-bond donors (Lipinski definition) is 2. The van der Waals surface area contributed by atoms with Crippen LogP contribution in [-0.2, 0) is 19.1 Å². The first-order valence-corrected chi connectivity index (χ1v) is 7.29. The Morgan fingerprint density at radius 2 is 1.70 bits per heavy atom. The maximum absolute atomic E-state index is 11.9. The van der Waals surface area contributed by atoms with E-state index < -0.39 is 17.3 Å². The number of hydrogen-bond acceptors (Lipinski definition) is 4. The van der Waals surface area contributed by atoms with E-state index in [0.717, 1.165) is 12.2 Å². The predicted octanol–water partition coefficient (Wildman–Crippen LogP) is 2.73. The fourth-order valence-electron chi connectivity index (χ4n) is 1.51. The summed E-state index contributed by atoms with van der Waals surface area (Å²) < 4.78 is 4.68. The number of anilines is 2. The number of nitrogens with one attached hydrogen (secondary N) is 2.